The first-order chi connectivity index (χ1) is 23.9. The van der Waals surface area contributed by atoms with E-state index in [1.165, 1.54) is 13.8 Å². The zero-order valence-electron chi connectivity index (χ0n) is 31.0. The second kappa shape index (κ2) is 26.2. The molecule has 0 spiro atoms. The van der Waals surface area contributed by atoms with Crippen LogP contribution in [-0.2, 0) is 52.4 Å². The lowest BCUT2D eigenvalue weighted by molar-refractivity contribution is -0.165. The molecule has 0 amide bonds. The number of aliphatic hydroxyl groups is 2. The predicted octanol–water partition coefficient (Wildman–Crippen LogP) is 0.849. The van der Waals surface area contributed by atoms with Crippen molar-refractivity contribution in [3.63, 3.8) is 0 Å². The minimum atomic E-state index is -1.46. The number of carbonyl (C=O) groups is 5. The van der Waals surface area contributed by atoms with Crippen molar-refractivity contribution in [2.75, 3.05) is 65.9 Å². The summed E-state index contributed by atoms with van der Waals surface area (Å²) in [6.07, 6.45) is -1.28. The van der Waals surface area contributed by atoms with Gasteiger partial charge in [-0.2, -0.15) is 0 Å². The Kier molecular flexibility index (Phi) is 24.3. The molecule has 0 heterocycles. The minimum absolute atomic E-state index is 0.0501. The number of hydrogen-bond acceptors (Lipinski definition) is 16. The predicted molar refractivity (Wildman–Crippen MR) is 187 cm³/mol. The van der Waals surface area contributed by atoms with E-state index in [-0.39, 0.29) is 88.0 Å². The van der Waals surface area contributed by atoms with E-state index < -0.39 is 68.0 Å². The lowest BCUT2D eigenvalue weighted by atomic mass is 9.92. The van der Waals surface area contributed by atoms with Crippen LogP contribution in [0.3, 0.4) is 0 Å². The Morgan fingerprint density at radius 3 is 1.24 bits per heavy atom. The Balaban J connectivity index is 5.11. The zero-order chi connectivity index (χ0) is 39.0. The Morgan fingerprint density at radius 1 is 0.608 bits per heavy atom. The van der Waals surface area contributed by atoms with Gasteiger partial charge in [0.2, 0.25) is 0 Å². The van der Waals surface area contributed by atoms with Gasteiger partial charge in [0.1, 0.15) is 33.0 Å². The molecule has 0 aromatic carbocycles. The van der Waals surface area contributed by atoms with Gasteiger partial charge in [0.15, 0.2) is 6.29 Å². The van der Waals surface area contributed by atoms with Gasteiger partial charge in [-0.1, -0.05) is 19.7 Å². The van der Waals surface area contributed by atoms with Crippen LogP contribution in [0.25, 0.3) is 0 Å². The highest BCUT2D eigenvalue weighted by molar-refractivity contribution is 5.87. The van der Waals surface area contributed by atoms with Gasteiger partial charge in [0, 0.05) is 48.9 Å². The van der Waals surface area contributed by atoms with Gasteiger partial charge < -0.3 is 54.6 Å². The largest absolute Gasteiger partial charge is 0.465 e. The lowest BCUT2D eigenvalue weighted by Gasteiger charge is -2.30. The summed E-state index contributed by atoms with van der Waals surface area (Å²) in [5.41, 5.74) is -0.451. The van der Waals surface area contributed by atoms with Crippen LogP contribution in [0, 0.1) is 5.41 Å². The molecule has 5 N–H and O–H groups in total. The Bertz CT molecular complexity index is 1100. The van der Waals surface area contributed by atoms with E-state index in [1.54, 1.807) is 27.7 Å². The van der Waals surface area contributed by atoms with Crippen LogP contribution >= 0.6 is 0 Å². The first-order valence-electron chi connectivity index (χ1n) is 16.8. The number of rotatable bonds is 29. The molecule has 16 heteroatoms. The monoisotopic (exact) mass is 729 g/mol. The highest BCUT2D eigenvalue weighted by Crippen LogP contribution is 2.20. The molecule has 0 aliphatic heterocycles. The Hall–Kier alpha value is -3.67. The molecular formula is C35H59N3O13. The van der Waals surface area contributed by atoms with E-state index in [0.29, 0.717) is 5.57 Å². The summed E-state index contributed by atoms with van der Waals surface area (Å²) in [5, 5.41) is 29.2. The van der Waals surface area contributed by atoms with Crippen LogP contribution in [0.5, 0.6) is 0 Å². The van der Waals surface area contributed by atoms with E-state index in [4.69, 9.17) is 28.4 Å². The standard InChI is InChI=1S/C35H59N3O13/c1-23(2)32(43)46-16-26(7)36-13-10-29(40)49-20-35(19-39,21-50-30(41)11-14-37-27(8)17-47-33(44)24(3)4)22-51-31(42)12-15-38-28(9)18-48-34(45)25(5)6/h26-28,32,36-39,43H,1,3,5,10-22H2,2,4,6-9H3. The van der Waals surface area contributed by atoms with Crippen molar-refractivity contribution in [2.45, 2.75) is 85.2 Å². The summed E-state index contributed by atoms with van der Waals surface area (Å²) in [6.45, 7) is 19.7. The molecule has 0 saturated heterocycles. The van der Waals surface area contributed by atoms with Gasteiger partial charge in [0.05, 0.1) is 37.9 Å². The van der Waals surface area contributed by atoms with Crippen molar-refractivity contribution >= 4 is 29.8 Å². The molecular weight excluding hydrogens is 670 g/mol. The number of ether oxygens (including phenoxy) is 6. The summed E-state index contributed by atoms with van der Waals surface area (Å²) in [5.74, 6) is -2.93. The van der Waals surface area contributed by atoms with Crippen LogP contribution < -0.4 is 16.0 Å². The number of esters is 5. The van der Waals surface area contributed by atoms with Gasteiger partial charge in [-0.3, -0.25) is 14.4 Å². The summed E-state index contributed by atoms with van der Waals surface area (Å²) < 4.78 is 31.6. The molecule has 0 bridgehead atoms. The maximum absolute atomic E-state index is 12.6. The molecule has 0 aromatic heterocycles. The fraction of sp³-hybridized carbons (Fsp3) is 0.686. The number of nitrogens with one attached hydrogen (secondary N) is 3. The second-order valence-electron chi connectivity index (χ2n) is 12.7. The highest BCUT2D eigenvalue weighted by atomic mass is 16.6. The third kappa shape index (κ3) is 23.4. The third-order valence-electron chi connectivity index (χ3n) is 6.97. The first kappa shape index (κ1) is 47.3. The normalized spacial score (nSPS) is 14.5. The number of hydrogen-bond donors (Lipinski definition) is 5. The molecule has 4 atom stereocenters. The highest BCUT2D eigenvalue weighted by Gasteiger charge is 2.35. The average Bonchev–Trinajstić information content (AvgIpc) is 3.08. The van der Waals surface area contributed by atoms with Crippen LogP contribution in [0.15, 0.2) is 36.5 Å². The molecule has 0 aliphatic carbocycles. The molecule has 0 rings (SSSR count). The third-order valence-corrected chi connectivity index (χ3v) is 6.97. The van der Waals surface area contributed by atoms with E-state index in [0.717, 1.165) is 0 Å². The molecule has 0 aliphatic rings. The molecule has 16 nitrogen and oxygen atoms in total. The van der Waals surface area contributed by atoms with Gasteiger partial charge >= 0.3 is 29.8 Å². The molecule has 0 radical (unpaired) electrons. The van der Waals surface area contributed by atoms with Crippen LogP contribution in [0.4, 0.5) is 0 Å². The first-order valence-corrected chi connectivity index (χ1v) is 16.8. The summed E-state index contributed by atoms with van der Waals surface area (Å²) in [6, 6.07) is -0.712. The molecule has 0 aromatic rings. The lowest BCUT2D eigenvalue weighted by Crippen LogP contribution is -2.43. The van der Waals surface area contributed by atoms with E-state index in [1.807, 2.05) is 0 Å². The molecule has 0 saturated carbocycles. The van der Waals surface area contributed by atoms with E-state index in [9.17, 15) is 34.2 Å². The van der Waals surface area contributed by atoms with Crippen molar-refractivity contribution in [1.29, 1.82) is 0 Å². The fourth-order valence-corrected chi connectivity index (χ4v) is 3.64. The number of carbonyl (C=O) groups excluding carboxylic acids is 5. The molecule has 292 valence electrons. The Morgan fingerprint density at radius 2 is 0.941 bits per heavy atom. The van der Waals surface area contributed by atoms with Crippen LogP contribution in [0.1, 0.15) is 60.8 Å². The topological polar surface area (TPSA) is 217 Å². The minimum Gasteiger partial charge on any atom is -0.465 e. The van der Waals surface area contributed by atoms with Crippen molar-refractivity contribution < 1.29 is 62.6 Å². The van der Waals surface area contributed by atoms with Crippen molar-refractivity contribution in [3.8, 4) is 0 Å². The fourth-order valence-electron chi connectivity index (χ4n) is 3.64. The maximum Gasteiger partial charge on any atom is 0.333 e. The van der Waals surface area contributed by atoms with E-state index >= 15 is 0 Å². The zero-order valence-corrected chi connectivity index (χ0v) is 31.0. The SMILES string of the molecule is C=C(C)C(=O)OCC(C)NCCC(=O)OCC(CO)(COC(=O)CCNC(C)COC(=O)C(=C)C)COC(=O)CCNC(C)COC(O)C(=C)C. The Labute approximate surface area is 301 Å². The van der Waals surface area contributed by atoms with Crippen molar-refractivity contribution in [3.05, 3.63) is 36.5 Å². The van der Waals surface area contributed by atoms with Crippen LogP contribution in [-0.4, -0.2) is 130 Å². The van der Waals surface area contributed by atoms with Gasteiger partial charge in [-0.25, -0.2) is 9.59 Å². The molecule has 51 heavy (non-hydrogen) atoms. The molecule has 4 unspecified atom stereocenters. The number of aliphatic hydroxyl groups excluding tert-OH is 2. The van der Waals surface area contributed by atoms with Gasteiger partial charge in [-0.05, 0) is 47.1 Å². The van der Waals surface area contributed by atoms with Crippen molar-refractivity contribution in [2.24, 2.45) is 5.41 Å². The van der Waals surface area contributed by atoms with Crippen LogP contribution in [0.2, 0.25) is 0 Å². The smallest absolute Gasteiger partial charge is 0.333 e. The summed E-state index contributed by atoms with van der Waals surface area (Å²) in [7, 11) is 0. The average molecular weight is 730 g/mol. The quantitative estimate of drug-likeness (QED) is 0.0237. The maximum atomic E-state index is 12.6. The van der Waals surface area contributed by atoms with Gasteiger partial charge in [-0.15, -0.1) is 0 Å². The van der Waals surface area contributed by atoms with Gasteiger partial charge in [0.25, 0.3) is 0 Å². The molecule has 0 fully saturated rings. The van der Waals surface area contributed by atoms with Crippen molar-refractivity contribution in [1.82, 2.24) is 16.0 Å². The summed E-state index contributed by atoms with van der Waals surface area (Å²) in [4.78, 5) is 60.8. The summed E-state index contributed by atoms with van der Waals surface area (Å²) >= 11 is 0. The van der Waals surface area contributed by atoms with E-state index in [2.05, 4.69) is 35.7 Å². The second-order valence-corrected chi connectivity index (χ2v) is 12.7.